The van der Waals surface area contributed by atoms with Gasteiger partial charge in [-0.25, -0.2) is 4.98 Å². The van der Waals surface area contributed by atoms with Crippen molar-refractivity contribution in [3.63, 3.8) is 0 Å². The van der Waals surface area contributed by atoms with Crippen molar-refractivity contribution in [1.29, 1.82) is 0 Å². The zero-order valence-corrected chi connectivity index (χ0v) is 10.6. The number of hydrogen-bond acceptors (Lipinski definition) is 5. The van der Waals surface area contributed by atoms with Crippen molar-refractivity contribution in [2.24, 2.45) is 0 Å². The van der Waals surface area contributed by atoms with E-state index in [2.05, 4.69) is 20.3 Å². The highest BCUT2D eigenvalue weighted by Gasteiger charge is 2.07. The van der Waals surface area contributed by atoms with Crippen LogP contribution in [0.4, 0.5) is 0 Å². The third-order valence-corrected chi connectivity index (χ3v) is 3.23. The van der Waals surface area contributed by atoms with Crippen molar-refractivity contribution in [2.75, 3.05) is 19.3 Å². The summed E-state index contributed by atoms with van der Waals surface area (Å²) in [4.78, 5) is 38.5. The first-order valence-corrected chi connectivity index (χ1v) is 7.01. The number of nitrogens with zero attached hydrogens (tertiary/aromatic N) is 1. The summed E-state index contributed by atoms with van der Waals surface area (Å²) in [6.45, 7) is 1.26. The molecule has 7 nitrogen and oxygen atoms in total. The van der Waals surface area contributed by atoms with Gasteiger partial charge in [0.15, 0.2) is 8.38 Å². The normalized spacial score (nSPS) is 11.5. The van der Waals surface area contributed by atoms with E-state index < -0.39 is 8.38 Å². The average Bonchev–Trinajstić information content (AvgIpc) is 2.73. The minimum absolute atomic E-state index is 0.176. The first kappa shape index (κ1) is 13.2. The lowest BCUT2D eigenvalue weighted by Gasteiger charge is -2.04. The van der Waals surface area contributed by atoms with E-state index in [0.29, 0.717) is 30.3 Å². The molecule has 0 saturated carbocycles. The molecule has 2 rings (SSSR count). The molecule has 0 aliphatic heterocycles. The Kier molecular flexibility index (Phi) is 4.43. The molecule has 0 unspecified atom stereocenters. The number of aromatic amines is 2. The summed E-state index contributed by atoms with van der Waals surface area (Å²) < 4.78 is 0. The highest BCUT2D eigenvalue weighted by atomic mass is 31.2. The summed E-state index contributed by atoms with van der Waals surface area (Å²) in [6.07, 6.45) is 4.26. The smallest absolute Gasteiger partial charge is 0.275 e. The van der Waals surface area contributed by atoms with Crippen LogP contribution in [0.2, 0.25) is 0 Å². The molecule has 0 saturated heterocycles. The highest BCUT2D eigenvalue weighted by Crippen LogP contribution is 2.20. The fourth-order valence-corrected chi connectivity index (χ4v) is 2.08. The third-order valence-electron chi connectivity index (χ3n) is 2.61. The van der Waals surface area contributed by atoms with Gasteiger partial charge in [-0.3, -0.25) is 4.79 Å². The van der Waals surface area contributed by atoms with Crippen molar-refractivity contribution in [1.82, 2.24) is 20.3 Å². The van der Waals surface area contributed by atoms with Crippen molar-refractivity contribution in [3.05, 3.63) is 28.4 Å². The summed E-state index contributed by atoms with van der Waals surface area (Å²) >= 11 is 0. The summed E-state index contributed by atoms with van der Waals surface area (Å²) in [6, 6.07) is 0. The van der Waals surface area contributed by atoms with Crippen LogP contribution in [0.1, 0.15) is 5.56 Å². The zero-order valence-electron chi connectivity index (χ0n) is 9.68. The molecule has 2 heterocycles. The Hall–Kier alpha value is -1.27. The van der Waals surface area contributed by atoms with Crippen LogP contribution in [0, 0.1) is 0 Å². The molecule has 0 aliphatic carbocycles. The van der Waals surface area contributed by atoms with E-state index in [1.807, 2.05) is 0 Å². The molecule has 0 amide bonds. The van der Waals surface area contributed by atoms with Gasteiger partial charge in [0.2, 0.25) is 0 Å². The number of rotatable bonds is 6. The molecule has 2 aromatic heterocycles. The van der Waals surface area contributed by atoms with Crippen LogP contribution < -0.4 is 10.9 Å². The van der Waals surface area contributed by atoms with Gasteiger partial charge in [0.1, 0.15) is 5.52 Å². The molecule has 0 aromatic carbocycles. The van der Waals surface area contributed by atoms with Crippen molar-refractivity contribution >= 4 is 19.4 Å². The van der Waals surface area contributed by atoms with Gasteiger partial charge >= 0.3 is 0 Å². The van der Waals surface area contributed by atoms with Gasteiger partial charge in [-0.15, -0.1) is 0 Å². The Morgan fingerprint density at radius 2 is 2.17 bits per heavy atom. The van der Waals surface area contributed by atoms with Gasteiger partial charge in [-0.05, 0) is 18.5 Å². The Balaban J connectivity index is 1.92. The quantitative estimate of drug-likeness (QED) is 0.364. The molecule has 0 aliphatic rings. The lowest BCUT2D eigenvalue weighted by atomic mass is 10.2. The molecular weight excluding hydrogens is 255 g/mol. The summed E-state index contributed by atoms with van der Waals surface area (Å²) in [5, 5.41) is 3.10. The minimum Gasteiger partial charge on any atom is -0.355 e. The van der Waals surface area contributed by atoms with Crippen molar-refractivity contribution in [3.8, 4) is 0 Å². The van der Waals surface area contributed by atoms with E-state index >= 15 is 0 Å². The second-order valence-electron chi connectivity index (χ2n) is 3.87. The Morgan fingerprint density at radius 1 is 1.33 bits per heavy atom. The summed E-state index contributed by atoms with van der Waals surface area (Å²) in [5.41, 5.74) is 1.97. The van der Waals surface area contributed by atoms with E-state index in [1.165, 1.54) is 6.33 Å². The molecule has 0 spiro atoms. The molecule has 2 aromatic rings. The standard InChI is InChI=1S/C10H15N4O3P/c15-10-9-8(13-6-14-10)7(5-12-9)1-2-11-3-4-18(16)17/h5-6,11-12,16-17H,1-4H2,(H,13,14,15). The predicted molar refractivity (Wildman–Crippen MR) is 69.5 cm³/mol. The minimum atomic E-state index is -1.82. The SMILES string of the molecule is O=c1[nH]cnc2c(CCNCCP(O)O)c[nH]c12. The lowest BCUT2D eigenvalue weighted by Crippen LogP contribution is -2.20. The highest BCUT2D eigenvalue weighted by molar-refractivity contribution is 7.45. The van der Waals surface area contributed by atoms with Crippen LogP contribution in [-0.4, -0.2) is 44.0 Å². The molecule has 0 fully saturated rings. The Labute approximate surface area is 104 Å². The van der Waals surface area contributed by atoms with Crippen LogP contribution in [0.15, 0.2) is 17.3 Å². The molecule has 0 bridgehead atoms. The maximum atomic E-state index is 11.4. The second-order valence-corrected chi connectivity index (χ2v) is 5.06. The number of H-pyrrole nitrogens is 2. The zero-order chi connectivity index (χ0) is 13.0. The maximum Gasteiger partial charge on any atom is 0.275 e. The largest absolute Gasteiger partial charge is 0.355 e. The van der Waals surface area contributed by atoms with Crippen LogP contribution in [0.3, 0.4) is 0 Å². The van der Waals surface area contributed by atoms with Crippen molar-refractivity contribution in [2.45, 2.75) is 6.42 Å². The molecule has 5 N–H and O–H groups in total. The van der Waals surface area contributed by atoms with Crippen LogP contribution >= 0.6 is 8.38 Å². The van der Waals surface area contributed by atoms with Crippen LogP contribution in [-0.2, 0) is 6.42 Å². The van der Waals surface area contributed by atoms with E-state index in [4.69, 9.17) is 9.79 Å². The molecular formula is C10H15N4O3P. The van der Waals surface area contributed by atoms with Gasteiger partial charge in [-0.1, -0.05) is 0 Å². The first-order chi connectivity index (χ1) is 8.68. The number of aromatic nitrogens is 3. The average molecular weight is 270 g/mol. The van der Waals surface area contributed by atoms with E-state index in [-0.39, 0.29) is 5.56 Å². The van der Waals surface area contributed by atoms with Gasteiger partial charge < -0.3 is 25.1 Å². The van der Waals surface area contributed by atoms with Gasteiger partial charge in [0.25, 0.3) is 5.56 Å². The maximum absolute atomic E-state index is 11.4. The predicted octanol–water partition coefficient (Wildman–Crippen LogP) is -0.320. The third kappa shape index (κ3) is 3.14. The molecule has 18 heavy (non-hydrogen) atoms. The van der Waals surface area contributed by atoms with Gasteiger partial charge in [0.05, 0.1) is 11.8 Å². The number of hydrogen-bond donors (Lipinski definition) is 5. The first-order valence-electron chi connectivity index (χ1n) is 5.58. The van der Waals surface area contributed by atoms with E-state index in [1.54, 1.807) is 6.20 Å². The number of fused-ring (bicyclic) bond motifs is 1. The monoisotopic (exact) mass is 270 g/mol. The topological polar surface area (TPSA) is 114 Å². The van der Waals surface area contributed by atoms with Gasteiger partial charge in [-0.2, -0.15) is 0 Å². The molecule has 0 radical (unpaired) electrons. The lowest BCUT2D eigenvalue weighted by molar-refractivity contribution is 0.480. The molecule has 0 atom stereocenters. The molecule has 8 heteroatoms. The van der Waals surface area contributed by atoms with E-state index in [0.717, 1.165) is 12.0 Å². The molecule has 98 valence electrons. The van der Waals surface area contributed by atoms with Crippen LogP contribution in [0.25, 0.3) is 11.0 Å². The summed E-state index contributed by atoms with van der Waals surface area (Å²) in [5.74, 6) is 0. The summed E-state index contributed by atoms with van der Waals surface area (Å²) in [7, 11) is -1.82. The van der Waals surface area contributed by atoms with Crippen LogP contribution in [0.5, 0.6) is 0 Å². The fourth-order valence-electron chi connectivity index (χ4n) is 1.72. The van der Waals surface area contributed by atoms with Gasteiger partial charge in [0, 0.05) is 18.9 Å². The number of nitrogens with one attached hydrogen (secondary N) is 3. The fraction of sp³-hybridized carbons (Fsp3) is 0.400. The Morgan fingerprint density at radius 3 is 2.94 bits per heavy atom. The van der Waals surface area contributed by atoms with Crippen molar-refractivity contribution < 1.29 is 9.79 Å². The second kappa shape index (κ2) is 6.06. The Bertz CT molecular complexity index is 565. The van der Waals surface area contributed by atoms with E-state index in [9.17, 15) is 4.79 Å².